The molecule has 0 bridgehead atoms. The predicted octanol–water partition coefficient (Wildman–Crippen LogP) is 2.18. The van der Waals surface area contributed by atoms with Crippen LogP contribution in [-0.2, 0) is 23.8 Å². The van der Waals surface area contributed by atoms with Crippen LogP contribution in [0.5, 0.6) is 0 Å². The van der Waals surface area contributed by atoms with E-state index in [1.165, 1.54) is 6.42 Å². The van der Waals surface area contributed by atoms with Crippen molar-refractivity contribution < 1.29 is 34.0 Å². The third-order valence-corrected chi connectivity index (χ3v) is 2.48. The summed E-state index contributed by atoms with van der Waals surface area (Å²) in [5.41, 5.74) is 0. The van der Waals surface area contributed by atoms with Gasteiger partial charge < -0.3 is 24.4 Å². The fourth-order valence-corrected chi connectivity index (χ4v) is 1.26. The van der Waals surface area contributed by atoms with E-state index < -0.39 is 11.9 Å². The van der Waals surface area contributed by atoms with Crippen molar-refractivity contribution in [1.29, 1.82) is 0 Å². The molecule has 0 amide bonds. The third-order valence-electron chi connectivity index (χ3n) is 2.48. The summed E-state index contributed by atoms with van der Waals surface area (Å²) >= 11 is 0. The third kappa shape index (κ3) is 27.2. The van der Waals surface area contributed by atoms with Crippen molar-refractivity contribution in [3.8, 4) is 0 Å². The van der Waals surface area contributed by atoms with Crippen molar-refractivity contribution in [1.82, 2.24) is 0 Å². The van der Waals surface area contributed by atoms with Gasteiger partial charge in [0.25, 0.3) is 0 Å². The summed E-state index contributed by atoms with van der Waals surface area (Å²) in [6.07, 6.45) is 3.34. The average Bonchev–Trinajstić information content (AvgIpc) is 2.47. The quantitative estimate of drug-likeness (QED) is 0.472. The molecule has 0 aromatic heterocycles. The van der Waals surface area contributed by atoms with Gasteiger partial charge in [0.15, 0.2) is 0 Å². The summed E-state index contributed by atoms with van der Waals surface area (Å²) in [7, 11) is 1.67. The molecule has 2 N–H and O–H groups in total. The Balaban J connectivity index is 0. The lowest BCUT2D eigenvalue weighted by molar-refractivity contribution is -0.139. The van der Waals surface area contributed by atoms with Crippen molar-refractivity contribution in [2.75, 3.05) is 40.1 Å². The largest absolute Gasteiger partial charge is 0.481 e. The molecule has 0 atom stereocenters. The van der Waals surface area contributed by atoms with E-state index in [-0.39, 0.29) is 12.8 Å². The van der Waals surface area contributed by atoms with Gasteiger partial charge in [-0.3, -0.25) is 9.59 Å². The normalized spacial score (nSPS) is 9.91. The molecule has 0 aromatic carbocycles. The Labute approximate surface area is 132 Å². The molecule has 0 saturated carbocycles. The number of carboxylic acids is 2. The highest BCUT2D eigenvalue weighted by Crippen LogP contribution is 1.98. The van der Waals surface area contributed by atoms with Gasteiger partial charge in [0, 0.05) is 26.6 Å². The van der Waals surface area contributed by atoms with Gasteiger partial charge in [-0.2, -0.15) is 0 Å². The molecule has 0 aromatic rings. The monoisotopic (exact) mass is 322 g/mol. The van der Waals surface area contributed by atoms with Gasteiger partial charge in [-0.05, 0) is 19.3 Å². The van der Waals surface area contributed by atoms with E-state index in [1.807, 2.05) is 0 Å². The van der Waals surface area contributed by atoms with Gasteiger partial charge in [-0.15, -0.1) is 0 Å². The molecule has 7 heteroatoms. The number of hydrogen-bond acceptors (Lipinski definition) is 5. The SMILES string of the molecule is CCCCOCCOCCOC.O=C(O)CCCCC(=O)O. The lowest BCUT2D eigenvalue weighted by atomic mass is 10.2. The zero-order valence-electron chi connectivity index (χ0n) is 13.7. The molecule has 0 radical (unpaired) electrons. The van der Waals surface area contributed by atoms with Crippen molar-refractivity contribution in [2.24, 2.45) is 0 Å². The Morgan fingerprint density at radius 1 is 0.773 bits per heavy atom. The topological polar surface area (TPSA) is 102 Å². The van der Waals surface area contributed by atoms with Crippen LogP contribution in [0.25, 0.3) is 0 Å². The summed E-state index contributed by atoms with van der Waals surface area (Å²) in [5, 5.41) is 16.3. The minimum Gasteiger partial charge on any atom is -0.481 e. The number of aliphatic carboxylic acids is 2. The second kappa shape index (κ2) is 19.8. The smallest absolute Gasteiger partial charge is 0.303 e. The first-order valence-electron chi connectivity index (χ1n) is 7.62. The van der Waals surface area contributed by atoms with Crippen LogP contribution >= 0.6 is 0 Å². The van der Waals surface area contributed by atoms with Gasteiger partial charge >= 0.3 is 11.9 Å². The molecule has 22 heavy (non-hydrogen) atoms. The first-order chi connectivity index (χ1) is 10.5. The molecule has 0 spiro atoms. The van der Waals surface area contributed by atoms with E-state index in [0.717, 1.165) is 13.0 Å². The highest BCUT2D eigenvalue weighted by molar-refractivity contribution is 5.67. The number of rotatable bonds is 14. The van der Waals surface area contributed by atoms with E-state index in [4.69, 9.17) is 24.4 Å². The second-order valence-corrected chi connectivity index (χ2v) is 4.57. The summed E-state index contributed by atoms with van der Waals surface area (Å²) in [5.74, 6) is -1.74. The van der Waals surface area contributed by atoms with Gasteiger partial charge in [-0.25, -0.2) is 0 Å². The van der Waals surface area contributed by atoms with Gasteiger partial charge in [0.05, 0.1) is 26.4 Å². The summed E-state index contributed by atoms with van der Waals surface area (Å²) in [6, 6.07) is 0. The van der Waals surface area contributed by atoms with Crippen LogP contribution in [0.4, 0.5) is 0 Å². The number of unbranched alkanes of at least 4 members (excludes halogenated alkanes) is 2. The molecule has 0 heterocycles. The number of carbonyl (C=O) groups is 2. The van der Waals surface area contributed by atoms with E-state index in [0.29, 0.717) is 39.3 Å². The molecule has 132 valence electrons. The average molecular weight is 322 g/mol. The minimum atomic E-state index is -0.870. The minimum absolute atomic E-state index is 0.0628. The van der Waals surface area contributed by atoms with Crippen LogP contribution in [-0.4, -0.2) is 62.3 Å². The molecule has 0 aliphatic rings. The molecule has 0 unspecified atom stereocenters. The Morgan fingerprint density at radius 2 is 1.23 bits per heavy atom. The van der Waals surface area contributed by atoms with Crippen molar-refractivity contribution in [2.45, 2.75) is 45.4 Å². The molecule has 0 aliphatic heterocycles. The lowest BCUT2D eigenvalue weighted by Crippen LogP contribution is -2.08. The molecule has 0 saturated heterocycles. The first-order valence-corrected chi connectivity index (χ1v) is 7.62. The highest BCUT2D eigenvalue weighted by atomic mass is 16.5. The summed E-state index contributed by atoms with van der Waals surface area (Å²) in [4.78, 5) is 19.8. The Morgan fingerprint density at radius 3 is 1.64 bits per heavy atom. The fourth-order valence-electron chi connectivity index (χ4n) is 1.26. The van der Waals surface area contributed by atoms with Crippen LogP contribution in [0.3, 0.4) is 0 Å². The fraction of sp³-hybridized carbons (Fsp3) is 0.867. The van der Waals surface area contributed by atoms with E-state index in [1.54, 1.807) is 7.11 Å². The Hall–Kier alpha value is -1.18. The van der Waals surface area contributed by atoms with Crippen LogP contribution in [0.2, 0.25) is 0 Å². The van der Waals surface area contributed by atoms with Crippen LogP contribution < -0.4 is 0 Å². The zero-order valence-corrected chi connectivity index (χ0v) is 13.7. The molecular weight excluding hydrogens is 292 g/mol. The van der Waals surface area contributed by atoms with Gasteiger partial charge in [0.1, 0.15) is 0 Å². The van der Waals surface area contributed by atoms with E-state index in [9.17, 15) is 9.59 Å². The van der Waals surface area contributed by atoms with Gasteiger partial charge in [0.2, 0.25) is 0 Å². The first kappa shape index (κ1) is 23.1. The maximum absolute atomic E-state index is 9.90. The number of ether oxygens (including phenoxy) is 3. The second-order valence-electron chi connectivity index (χ2n) is 4.57. The zero-order chi connectivity index (χ0) is 17.1. The molecule has 0 aliphatic carbocycles. The van der Waals surface area contributed by atoms with Crippen LogP contribution in [0.1, 0.15) is 45.4 Å². The number of hydrogen-bond donors (Lipinski definition) is 2. The molecule has 0 fully saturated rings. The predicted molar refractivity (Wildman–Crippen MR) is 82.2 cm³/mol. The maximum Gasteiger partial charge on any atom is 0.303 e. The summed E-state index contributed by atoms with van der Waals surface area (Å²) < 4.78 is 15.3. The molecule has 0 rings (SSSR count). The molecule has 7 nitrogen and oxygen atoms in total. The number of carboxylic acid groups (broad SMARTS) is 2. The lowest BCUT2D eigenvalue weighted by Gasteiger charge is -2.04. The van der Waals surface area contributed by atoms with Crippen molar-refractivity contribution in [3.05, 3.63) is 0 Å². The van der Waals surface area contributed by atoms with Gasteiger partial charge in [-0.1, -0.05) is 13.3 Å². The number of methoxy groups -OCH3 is 1. The molecular formula is C15H30O7. The Bertz CT molecular complexity index is 230. The standard InChI is InChI=1S/C9H20O3.C6H10O4/c1-3-4-5-11-8-9-12-7-6-10-2;7-5(8)3-1-2-4-6(9)10/h3-9H2,1-2H3;1-4H2,(H,7,8)(H,9,10). The maximum atomic E-state index is 9.90. The Kier molecular flexibility index (Phi) is 20.8. The summed E-state index contributed by atoms with van der Waals surface area (Å²) in [6.45, 7) is 5.70. The van der Waals surface area contributed by atoms with Crippen LogP contribution in [0.15, 0.2) is 0 Å². The van der Waals surface area contributed by atoms with Crippen LogP contribution in [0, 0.1) is 0 Å². The van der Waals surface area contributed by atoms with E-state index in [2.05, 4.69) is 6.92 Å². The van der Waals surface area contributed by atoms with Crippen molar-refractivity contribution in [3.63, 3.8) is 0 Å². The van der Waals surface area contributed by atoms with Crippen molar-refractivity contribution >= 4 is 11.9 Å². The highest BCUT2D eigenvalue weighted by Gasteiger charge is 1.99. The van der Waals surface area contributed by atoms with E-state index >= 15 is 0 Å².